The molecule has 0 radical (unpaired) electrons. The third-order valence-electron chi connectivity index (χ3n) is 7.34. The van der Waals surface area contributed by atoms with Crippen LogP contribution >= 0.6 is 23.1 Å². The second-order valence-electron chi connectivity index (χ2n) is 9.27. The van der Waals surface area contributed by atoms with Crippen LogP contribution < -0.4 is 5.32 Å². The first-order valence-electron chi connectivity index (χ1n) is 10.5. The lowest BCUT2D eigenvalue weighted by Gasteiger charge is -2.59. The van der Waals surface area contributed by atoms with Gasteiger partial charge < -0.3 is 5.32 Å². The van der Waals surface area contributed by atoms with E-state index in [9.17, 15) is 4.79 Å². The number of hydrogen-bond donors (Lipinski definition) is 1. The number of nitrogens with zero attached hydrogens (tertiary/aromatic N) is 1. The van der Waals surface area contributed by atoms with Crippen LogP contribution in [-0.4, -0.2) is 16.9 Å². The monoisotopic (exact) mass is 412 g/mol. The van der Waals surface area contributed by atoms with E-state index < -0.39 is 0 Å². The lowest BCUT2D eigenvalue weighted by atomic mass is 9.48. The maximum Gasteiger partial charge on any atom is 0.251 e. The van der Waals surface area contributed by atoms with E-state index in [1.807, 2.05) is 17.6 Å². The highest BCUT2D eigenvalue weighted by Crippen LogP contribution is 2.61. The Balaban J connectivity index is 1.20. The van der Waals surface area contributed by atoms with Crippen LogP contribution in [0.25, 0.3) is 0 Å². The Kier molecular flexibility index (Phi) is 5.00. The van der Waals surface area contributed by atoms with Crippen molar-refractivity contribution in [2.45, 2.75) is 62.1 Å². The van der Waals surface area contributed by atoms with Crippen LogP contribution in [0.4, 0.5) is 0 Å². The van der Waals surface area contributed by atoms with Crippen molar-refractivity contribution >= 4 is 29.0 Å². The van der Waals surface area contributed by atoms with Crippen molar-refractivity contribution in [2.75, 3.05) is 0 Å². The van der Waals surface area contributed by atoms with Crippen LogP contribution in [-0.2, 0) is 5.75 Å². The van der Waals surface area contributed by atoms with E-state index in [1.165, 1.54) is 43.4 Å². The van der Waals surface area contributed by atoms with Gasteiger partial charge in [-0.1, -0.05) is 0 Å². The first-order valence-corrected chi connectivity index (χ1v) is 12.4. The molecule has 1 N–H and O–H groups in total. The minimum absolute atomic E-state index is 0.0827. The number of thioether (sulfide) groups is 1. The molecule has 148 valence electrons. The molecule has 0 spiro atoms. The summed E-state index contributed by atoms with van der Waals surface area (Å²) in [5.41, 5.74) is 4.11. The van der Waals surface area contributed by atoms with Gasteiger partial charge in [0.1, 0.15) is 0 Å². The Hall–Kier alpha value is -1.33. The predicted octanol–water partition coefficient (Wildman–Crippen LogP) is 5.77. The van der Waals surface area contributed by atoms with E-state index in [0.29, 0.717) is 5.41 Å². The van der Waals surface area contributed by atoms with E-state index in [4.69, 9.17) is 0 Å². The number of thiazole rings is 1. The van der Waals surface area contributed by atoms with E-state index in [2.05, 4.69) is 34.7 Å². The summed E-state index contributed by atoms with van der Waals surface area (Å²) in [5, 5.41) is 5.46. The Morgan fingerprint density at radius 1 is 1.18 bits per heavy atom. The Bertz CT molecular complexity index is 796. The predicted molar refractivity (Wildman–Crippen MR) is 116 cm³/mol. The van der Waals surface area contributed by atoms with E-state index in [1.54, 1.807) is 23.1 Å². The minimum Gasteiger partial charge on any atom is -0.349 e. The molecule has 4 aliphatic carbocycles. The largest absolute Gasteiger partial charge is 0.349 e. The topological polar surface area (TPSA) is 42.0 Å². The second kappa shape index (κ2) is 7.49. The molecule has 1 atom stereocenters. The zero-order valence-electron chi connectivity index (χ0n) is 16.4. The summed E-state index contributed by atoms with van der Waals surface area (Å²) in [7, 11) is 0. The minimum atomic E-state index is 0.0827. The van der Waals surface area contributed by atoms with Gasteiger partial charge in [0.15, 0.2) is 0 Å². The first kappa shape index (κ1) is 18.7. The summed E-state index contributed by atoms with van der Waals surface area (Å²) in [5.74, 6) is 3.70. The zero-order chi connectivity index (χ0) is 19.1. The molecule has 28 heavy (non-hydrogen) atoms. The highest BCUT2D eigenvalue weighted by molar-refractivity contribution is 7.98. The van der Waals surface area contributed by atoms with Crippen molar-refractivity contribution < 1.29 is 4.79 Å². The third kappa shape index (κ3) is 3.63. The van der Waals surface area contributed by atoms with Gasteiger partial charge >= 0.3 is 0 Å². The fourth-order valence-electron chi connectivity index (χ4n) is 6.31. The molecule has 5 heteroatoms. The molecule has 1 aromatic carbocycles. The number of aromatic nitrogens is 1. The summed E-state index contributed by atoms with van der Waals surface area (Å²) in [6, 6.07) is 8.31. The normalized spacial score (nSPS) is 31.7. The summed E-state index contributed by atoms with van der Waals surface area (Å²) in [6.07, 6.45) is 8.31. The number of amides is 1. The molecule has 1 aromatic heterocycles. The van der Waals surface area contributed by atoms with Crippen LogP contribution in [0.2, 0.25) is 0 Å². The van der Waals surface area contributed by atoms with Crippen molar-refractivity contribution in [3.8, 4) is 0 Å². The molecule has 4 saturated carbocycles. The van der Waals surface area contributed by atoms with Gasteiger partial charge in [0.25, 0.3) is 5.91 Å². The average Bonchev–Trinajstić information content (AvgIpc) is 3.19. The third-order valence-corrected chi connectivity index (χ3v) is 9.02. The van der Waals surface area contributed by atoms with Crippen LogP contribution in [0.5, 0.6) is 0 Å². The summed E-state index contributed by atoms with van der Waals surface area (Å²) >= 11 is 3.39. The molecule has 1 amide bonds. The van der Waals surface area contributed by atoms with Gasteiger partial charge in [-0.2, -0.15) is 0 Å². The zero-order valence-corrected chi connectivity index (χ0v) is 18.0. The number of rotatable bonds is 6. The summed E-state index contributed by atoms with van der Waals surface area (Å²) < 4.78 is 0. The van der Waals surface area contributed by atoms with Gasteiger partial charge in [-0.3, -0.25) is 4.79 Å². The summed E-state index contributed by atoms with van der Waals surface area (Å²) in [6.45, 7) is 2.25. The fourth-order valence-corrected chi connectivity index (χ4v) is 7.77. The van der Waals surface area contributed by atoms with Crippen molar-refractivity contribution in [2.24, 2.45) is 23.2 Å². The smallest absolute Gasteiger partial charge is 0.251 e. The quantitative estimate of drug-likeness (QED) is 0.612. The molecular formula is C23H28N2OS2. The Labute approximate surface area is 175 Å². The van der Waals surface area contributed by atoms with Gasteiger partial charge in [-0.15, -0.1) is 23.1 Å². The highest BCUT2D eigenvalue weighted by Gasteiger charge is 2.53. The molecule has 4 fully saturated rings. The van der Waals surface area contributed by atoms with Crippen molar-refractivity contribution in [1.29, 1.82) is 0 Å². The fraction of sp³-hybridized carbons (Fsp3) is 0.565. The van der Waals surface area contributed by atoms with Crippen molar-refractivity contribution in [3.05, 3.63) is 46.4 Å². The van der Waals surface area contributed by atoms with E-state index >= 15 is 0 Å². The summed E-state index contributed by atoms with van der Waals surface area (Å²) in [4.78, 5) is 18.4. The van der Waals surface area contributed by atoms with Gasteiger partial charge in [0.2, 0.25) is 0 Å². The Morgan fingerprint density at radius 3 is 2.39 bits per heavy atom. The molecule has 0 aliphatic heterocycles. The molecular weight excluding hydrogens is 384 g/mol. The molecule has 4 aliphatic rings. The average molecular weight is 413 g/mol. The number of hydrogen-bond acceptors (Lipinski definition) is 4. The van der Waals surface area contributed by atoms with Crippen molar-refractivity contribution in [3.63, 3.8) is 0 Å². The van der Waals surface area contributed by atoms with Crippen molar-refractivity contribution in [1.82, 2.24) is 10.3 Å². The SMILES string of the molecule is C[C@H](NC(=O)c1ccc(SCc2cscn2)cc1)C12CC3CC(CC(C3)C1)C2. The lowest BCUT2D eigenvalue weighted by molar-refractivity contribution is -0.0688. The number of benzene rings is 1. The number of nitrogens with one attached hydrogen (secondary N) is 1. The van der Waals surface area contributed by atoms with Crippen LogP contribution in [0.3, 0.4) is 0 Å². The van der Waals surface area contributed by atoms with Crippen LogP contribution in [0, 0.1) is 23.2 Å². The maximum atomic E-state index is 12.9. The van der Waals surface area contributed by atoms with Gasteiger partial charge in [0.05, 0.1) is 11.2 Å². The molecule has 4 bridgehead atoms. The first-order chi connectivity index (χ1) is 13.6. The van der Waals surface area contributed by atoms with Gasteiger partial charge in [0, 0.05) is 27.6 Å². The second-order valence-corrected chi connectivity index (χ2v) is 11.0. The molecule has 0 unspecified atom stereocenters. The van der Waals surface area contributed by atoms with Crippen LogP contribution in [0.1, 0.15) is 61.5 Å². The molecule has 1 heterocycles. The van der Waals surface area contributed by atoms with E-state index in [-0.39, 0.29) is 11.9 Å². The van der Waals surface area contributed by atoms with Crippen LogP contribution in [0.15, 0.2) is 40.1 Å². The maximum absolute atomic E-state index is 12.9. The number of carbonyl (C=O) groups is 1. The Morgan fingerprint density at radius 2 is 1.82 bits per heavy atom. The highest BCUT2D eigenvalue weighted by atomic mass is 32.2. The van der Waals surface area contributed by atoms with E-state index in [0.717, 1.165) is 34.8 Å². The lowest BCUT2D eigenvalue weighted by Crippen LogP contribution is -2.55. The van der Waals surface area contributed by atoms with Gasteiger partial charge in [-0.25, -0.2) is 4.98 Å². The number of carbonyl (C=O) groups excluding carboxylic acids is 1. The molecule has 3 nitrogen and oxygen atoms in total. The molecule has 0 saturated heterocycles. The standard InChI is InChI=1S/C23H28N2OS2/c1-15(23-9-16-6-17(10-23)8-18(7-16)11-23)25-22(26)19-2-4-21(5-3-19)28-13-20-12-27-14-24-20/h2-5,12,14-18H,6-11,13H2,1H3,(H,25,26)/t15-,16?,17?,18?,23?/m0/s1. The molecule has 6 rings (SSSR count). The molecule has 2 aromatic rings. The van der Waals surface area contributed by atoms with Gasteiger partial charge in [-0.05, 0) is 92.9 Å².